The van der Waals surface area contributed by atoms with Gasteiger partial charge in [0.15, 0.2) is 0 Å². The number of hydrogen-bond acceptors (Lipinski definition) is 4. The second-order valence-electron chi connectivity index (χ2n) is 4.86. The quantitative estimate of drug-likeness (QED) is 0.618. The van der Waals surface area contributed by atoms with Crippen molar-refractivity contribution in [1.29, 1.82) is 0 Å². The van der Waals surface area contributed by atoms with Gasteiger partial charge in [0.25, 0.3) is 0 Å². The molecule has 0 heterocycles. The summed E-state index contributed by atoms with van der Waals surface area (Å²) in [5, 5.41) is 12.6. The molecule has 2 N–H and O–H groups in total. The number of carbonyl (C=O) groups is 1. The van der Waals surface area contributed by atoms with Crippen LogP contribution in [0.25, 0.3) is 0 Å². The molecule has 0 aromatic heterocycles. The minimum atomic E-state index is -0.921. The molecule has 0 radical (unpaired) electrons. The minimum absolute atomic E-state index is 0.0823. The van der Waals surface area contributed by atoms with E-state index < -0.39 is 11.5 Å². The molecule has 1 aliphatic rings. The molecule has 5 heteroatoms. The van der Waals surface area contributed by atoms with Crippen molar-refractivity contribution < 1.29 is 19.4 Å². The summed E-state index contributed by atoms with van der Waals surface area (Å²) in [5.41, 5.74) is -0.921. The van der Waals surface area contributed by atoms with Crippen LogP contribution in [0.5, 0.6) is 0 Å². The SMILES string of the molecule is CCNC(COC(C)COCC)(C(=O)O)C1CC1. The molecule has 0 aromatic carbocycles. The lowest BCUT2D eigenvalue weighted by atomic mass is 9.94. The number of aliphatic carboxylic acids is 1. The molecule has 0 aliphatic heterocycles. The van der Waals surface area contributed by atoms with Crippen molar-refractivity contribution >= 4 is 5.97 Å². The molecule has 0 spiro atoms. The number of rotatable bonds is 10. The molecule has 1 fully saturated rings. The van der Waals surface area contributed by atoms with Crippen molar-refractivity contribution in [3.8, 4) is 0 Å². The number of nitrogens with one attached hydrogen (secondary N) is 1. The van der Waals surface area contributed by atoms with E-state index >= 15 is 0 Å². The van der Waals surface area contributed by atoms with Gasteiger partial charge in [-0.05, 0) is 39.2 Å². The molecule has 106 valence electrons. The Bertz CT molecular complexity index is 268. The second kappa shape index (κ2) is 7.07. The van der Waals surface area contributed by atoms with E-state index in [-0.39, 0.29) is 18.6 Å². The second-order valence-corrected chi connectivity index (χ2v) is 4.86. The molecular formula is C13H25NO4. The van der Waals surface area contributed by atoms with E-state index in [1.807, 2.05) is 20.8 Å². The summed E-state index contributed by atoms with van der Waals surface area (Å²) in [7, 11) is 0. The number of likely N-dealkylation sites (N-methyl/N-ethyl adjacent to an activating group) is 1. The summed E-state index contributed by atoms with van der Waals surface area (Å²) in [4.78, 5) is 11.5. The smallest absolute Gasteiger partial charge is 0.326 e. The van der Waals surface area contributed by atoms with Crippen molar-refractivity contribution in [3.63, 3.8) is 0 Å². The maximum absolute atomic E-state index is 11.5. The molecule has 0 saturated heterocycles. The fraction of sp³-hybridized carbons (Fsp3) is 0.923. The molecule has 1 saturated carbocycles. The van der Waals surface area contributed by atoms with Crippen LogP contribution in [-0.2, 0) is 14.3 Å². The Hall–Kier alpha value is -0.650. The first-order valence-corrected chi connectivity index (χ1v) is 6.74. The van der Waals surface area contributed by atoms with Crippen LogP contribution in [0, 0.1) is 5.92 Å². The maximum atomic E-state index is 11.5. The van der Waals surface area contributed by atoms with Crippen molar-refractivity contribution in [2.24, 2.45) is 5.92 Å². The van der Waals surface area contributed by atoms with Crippen LogP contribution >= 0.6 is 0 Å². The maximum Gasteiger partial charge on any atom is 0.326 e. The zero-order chi connectivity index (χ0) is 13.6. The third kappa shape index (κ3) is 3.93. The third-order valence-corrected chi connectivity index (χ3v) is 3.30. The normalized spacial score (nSPS) is 20.4. The lowest BCUT2D eigenvalue weighted by molar-refractivity contribution is -0.151. The lowest BCUT2D eigenvalue weighted by Gasteiger charge is -2.31. The highest BCUT2D eigenvalue weighted by molar-refractivity contribution is 5.80. The summed E-state index contributed by atoms with van der Waals surface area (Å²) in [6.45, 7) is 7.74. The Balaban J connectivity index is 2.53. The molecule has 2 unspecified atom stereocenters. The van der Waals surface area contributed by atoms with Crippen molar-refractivity contribution in [2.45, 2.75) is 45.3 Å². The Morgan fingerprint density at radius 1 is 1.50 bits per heavy atom. The van der Waals surface area contributed by atoms with Crippen LogP contribution in [0.15, 0.2) is 0 Å². The van der Waals surface area contributed by atoms with Gasteiger partial charge in [0.2, 0.25) is 0 Å². The van der Waals surface area contributed by atoms with Crippen LogP contribution in [0.4, 0.5) is 0 Å². The first kappa shape index (κ1) is 15.4. The molecule has 1 aliphatic carbocycles. The van der Waals surface area contributed by atoms with Crippen molar-refractivity contribution in [2.75, 3.05) is 26.4 Å². The van der Waals surface area contributed by atoms with Gasteiger partial charge in [-0.1, -0.05) is 6.92 Å². The largest absolute Gasteiger partial charge is 0.480 e. The highest BCUT2D eigenvalue weighted by atomic mass is 16.5. The Kier molecular flexibility index (Phi) is 6.05. The number of ether oxygens (including phenoxy) is 2. The topological polar surface area (TPSA) is 67.8 Å². The van der Waals surface area contributed by atoms with Gasteiger partial charge in [-0.2, -0.15) is 0 Å². The van der Waals surface area contributed by atoms with E-state index in [9.17, 15) is 9.90 Å². The standard InChI is InChI=1S/C13H25NO4/c1-4-14-13(12(15)16,11-6-7-11)9-18-10(3)8-17-5-2/h10-11,14H,4-9H2,1-3H3,(H,15,16). The zero-order valence-corrected chi connectivity index (χ0v) is 11.6. The summed E-state index contributed by atoms with van der Waals surface area (Å²) >= 11 is 0. The van der Waals surface area contributed by atoms with E-state index in [4.69, 9.17) is 9.47 Å². The van der Waals surface area contributed by atoms with Crippen LogP contribution in [0.3, 0.4) is 0 Å². The molecule has 0 bridgehead atoms. The van der Waals surface area contributed by atoms with E-state index in [1.54, 1.807) is 0 Å². The van der Waals surface area contributed by atoms with Gasteiger partial charge >= 0.3 is 5.97 Å². The molecular weight excluding hydrogens is 234 g/mol. The summed E-state index contributed by atoms with van der Waals surface area (Å²) in [5.74, 6) is -0.621. The van der Waals surface area contributed by atoms with Crippen LogP contribution in [-0.4, -0.2) is 49.1 Å². The van der Waals surface area contributed by atoms with Crippen LogP contribution in [0.1, 0.15) is 33.6 Å². The number of carboxylic acids is 1. The van der Waals surface area contributed by atoms with E-state index in [0.29, 0.717) is 19.8 Å². The average molecular weight is 259 g/mol. The molecule has 1 rings (SSSR count). The lowest BCUT2D eigenvalue weighted by Crippen LogP contribution is -2.58. The van der Waals surface area contributed by atoms with Crippen molar-refractivity contribution in [1.82, 2.24) is 5.32 Å². The van der Waals surface area contributed by atoms with Crippen LogP contribution < -0.4 is 5.32 Å². The predicted molar refractivity (Wildman–Crippen MR) is 68.7 cm³/mol. The number of hydrogen-bond donors (Lipinski definition) is 2. The average Bonchev–Trinajstić information content (AvgIpc) is 3.15. The van der Waals surface area contributed by atoms with Gasteiger partial charge in [0.1, 0.15) is 5.54 Å². The van der Waals surface area contributed by atoms with E-state index in [1.165, 1.54) is 0 Å². The summed E-state index contributed by atoms with van der Waals surface area (Å²) < 4.78 is 10.9. The van der Waals surface area contributed by atoms with E-state index in [0.717, 1.165) is 12.8 Å². The van der Waals surface area contributed by atoms with Gasteiger partial charge in [-0.25, -0.2) is 0 Å². The summed E-state index contributed by atoms with van der Waals surface area (Å²) in [6, 6.07) is 0. The first-order chi connectivity index (χ1) is 8.56. The van der Waals surface area contributed by atoms with E-state index in [2.05, 4.69) is 5.32 Å². The number of carboxylic acid groups (broad SMARTS) is 1. The van der Waals surface area contributed by atoms with Gasteiger partial charge in [-0.3, -0.25) is 10.1 Å². The zero-order valence-electron chi connectivity index (χ0n) is 11.6. The molecule has 18 heavy (non-hydrogen) atoms. The van der Waals surface area contributed by atoms with Crippen molar-refractivity contribution in [3.05, 3.63) is 0 Å². The Labute approximate surface area is 109 Å². The van der Waals surface area contributed by atoms with Gasteiger partial charge in [0, 0.05) is 6.61 Å². The Morgan fingerprint density at radius 2 is 2.17 bits per heavy atom. The minimum Gasteiger partial charge on any atom is -0.480 e. The molecule has 0 amide bonds. The van der Waals surface area contributed by atoms with Gasteiger partial charge in [0.05, 0.1) is 19.3 Å². The van der Waals surface area contributed by atoms with Crippen LogP contribution in [0.2, 0.25) is 0 Å². The Morgan fingerprint density at radius 3 is 2.61 bits per heavy atom. The monoisotopic (exact) mass is 259 g/mol. The third-order valence-electron chi connectivity index (χ3n) is 3.30. The highest BCUT2D eigenvalue weighted by Gasteiger charge is 2.51. The first-order valence-electron chi connectivity index (χ1n) is 6.74. The predicted octanol–water partition coefficient (Wildman–Crippen LogP) is 1.27. The fourth-order valence-electron chi connectivity index (χ4n) is 2.12. The molecule has 5 nitrogen and oxygen atoms in total. The molecule has 0 aromatic rings. The fourth-order valence-corrected chi connectivity index (χ4v) is 2.12. The van der Waals surface area contributed by atoms with Gasteiger partial charge in [-0.15, -0.1) is 0 Å². The summed E-state index contributed by atoms with van der Waals surface area (Å²) in [6.07, 6.45) is 1.84. The highest BCUT2D eigenvalue weighted by Crippen LogP contribution is 2.40. The van der Waals surface area contributed by atoms with Gasteiger partial charge < -0.3 is 14.6 Å². The molecule has 2 atom stereocenters.